The van der Waals surface area contributed by atoms with Crippen LogP contribution in [-0.4, -0.2) is 28.5 Å². The Bertz CT molecular complexity index is 515. The minimum atomic E-state index is -1.01. The van der Waals surface area contributed by atoms with Gasteiger partial charge in [0.15, 0.2) is 0 Å². The Morgan fingerprint density at radius 2 is 2.00 bits per heavy atom. The molecule has 1 aromatic rings. The van der Waals surface area contributed by atoms with E-state index in [0.29, 0.717) is 22.5 Å². The van der Waals surface area contributed by atoms with Gasteiger partial charge in [0.25, 0.3) is 0 Å². The summed E-state index contributed by atoms with van der Waals surface area (Å²) in [6.07, 6.45) is 2.67. The summed E-state index contributed by atoms with van der Waals surface area (Å²) in [6.45, 7) is 0. The van der Waals surface area contributed by atoms with Crippen molar-refractivity contribution in [3.05, 3.63) is 28.2 Å². The number of hydrogen-bond donors (Lipinski definition) is 2. The second kappa shape index (κ2) is 7.13. The van der Waals surface area contributed by atoms with Crippen LogP contribution in [0.4, 0.5) is 5.69 Å². The van der Waals surface area contributed by atoms with Crippen molar-refractivity contribution in [1.29, 1.82) is 0 Å². The molecule has 108 valence electrons. The number of carboxylic acid groups (broad SMARTS) is 1. The zero-order valence-electron chi connectivity index (χ0n) is 10.9. The Kier molecular flexibility index (Phi) is 5.48. The van der Waals surface area contributed by atoms with E-state index in [1.807, 2.05) is 11.8 Å². The molecule has 0 aromatic heterocycles. The maximum Gasteiger partial charge on any atom is 0.335 e. The highest BCUT2D eigenvalue weighted by Crippen LogP contribution is 2.26. The average molecular weight is 358 g/mol. The van der Waals surface area contributed by atoms with Crippen molar-refractivity contribution in [3.63, 3.8) is 0 Å². The lowest BCUT2D eigenvalue weighted by Gasteiger charge is -2.20. The van der Waals surface area contributed by atoms with Crippen molar-refractivity contribution in [2.24, 2.45) is 5.92 Å². The first kappa shape index (κ1) is 15.4. The molecule has 0 bridgehead atoms. The van der Waals surface area contributed by atoms with E-state index in [9.17, 15) is 9.59 Å². The highest BCUT2D eigenvalue weighted by Gasteiger charge is 2.17. The fraction of sp³-hybridized carbons (Fsp3) is 0.429. The van der Waals surface area contributed by atoms with E-state index in [1.54, 1.807) is 6.07 Å². The van der Waals surface area contributed by atoms with Gasteiger partial charge in [-0.25, -0.2) is 4.79 Å². The Labute approximate surface area is 130 Å². The van der Waals surface area contributed by atoms with Gasteiger partial charge in [0.05, 0.1) is 5.56 Å². The summed E-state index contributed by atoms with van der Waals surface area (Å²) in [6, 6.07) is 4.69. The highest BCUT2D eigenvalue weighted by molar-refractivity contribution is 9.10. The standard InChI is InChI=1S/C14H16BrNO3S/c15-11-6-10(14(18)19)7-12(8-11)16-13(17)5-9-1-3-20-4-2-9/h6-9H,1-5H2,(H,16,17)(H,18,19). The third kappa shape index (κ3) is 4.52. The number of thioether (sulfide) groups is 1. The van der Waals surface area contributed by atoms with Gasteiger partial charge in [-0.15, -0.1) is 0 Å². The Hall–Kier alpha value is -1.01. The van der Waals surface area contributed by atoms with E-state index in [2.05, 4.69) is 21.2 Å². The third-order valence-electron chi connectivity index (χ3n) is 3.24. The van der Waals surface area contributed by atoms with Crippen LogP contribution in [-0.2, 0) is 4.79 Å². The van der Waals surface area contributed by atoms with Crippen molar-refractivity contribution in [1.82, 2.24) is 0 Å². The van der Waals surface area contributed by atoms with Crippen molar-refractivity contribution in [2.45, 2.75) is 19.3 Å². The molecule has 0 saturated carbocycles. The molecule has 0 radical (unpaired) electrons. The highest BCUT2D eigenvalue weighted by atomic mass is 79.9. The van der Waals surface area contributed by atoms with Gasteiger partial charge >= 0.3 is 5.97 Å². The van der Waals surface area contributed by atoms with Crippen LogP contribution in [0.1, 0.15) is 29.6 Å². The Balaban J connectivity index is 1.98. The van der Waals surface area contributed by atoms with Gasteiger partial charge in [0, 0.05) is 16.6 Å². The van der Waals surface area contributed by atoms with E-state index < -0.39 is 5.97 Å². The van der Waals surface area contributed by atoms with Crippen molar-refractivity contribution < 1.29 is 14.7 Å². The Morgan fingerprint density at radius 1 is 1.30 bits per heavy atom. The van der Waals surface area contributed by atoms with Gasteiger partial charge in [-0.1, -0.05) is 15.9 Å². The number of aromatic carboxylic acids is 1. The first-order chi connectivity index (χ1) is 9.54. The van der Waals surface area contributed by atoms with Crippen molar-refractivity contribution in [2.75, 3.05) is 16.8 Å². The fourth-order valence-electron chi connectivity index (χ4n) is 2.21. The summed E-state index contributed by atoms with van der Waals surface area (Å²) >= 11 is 5.19. The van der Waals surface area contributed by atoms with Crippen LogP contribution in [0.15, 0.2) is 22.7 Å². The smallest absolute Gasteiger partial charge is 0.335 e. The summed E-state index contributed by atoms with van der Waals surface area (Å²) in [5, 5.41) is 11.8. The molecular weight excluding hydrogens is 342 g/mol. The second-order valence-corrected chi connectivity index (χ2v) is 6.98. The summed E-state index contributed by atoms with van der Waals surface area (Å²) in [4.78, 5) is 23.0. The van der Waals surface area contributed by atoms with Crippen LogP contribution in [0.5, 0.6) is 0 Å². The molecule has 0 spiro atoms. The van der Waals surface area contributed by atoms with Crippen LogP contribution in [0.2, 0.25) is 0 Å². The van der Waals surface area contributed by atoms with Crippen LogP contribution >= 0.6 is 27.7 Å². The first-order valence-electron chi connectivity index (χ1n) is 6.46. The minimum Gasteiger partial charge on any atom is -0.478 e. The fourth-order valence-corrected chi connectivity index (χ4v) is 3.91. The number of anilines is 1. The lowest BCUT2D eigenvalue weighted by molar-refractivity contribution is -0.117. The molecule has 0 aliphatic carbocycles. The number of carbonyl (C=O) groups is 2. The number of carboxylic acids is 1. The predicted octanol–water partition coefficient (Wildman–Crippen LogP) is 3.62. The van der Waals surface area contributed by atoms with Gasteiger partial charge in [0.2, 0.25) is 5.91 Å². The van der Waals surface area contributed by atoms with E-state index in [1.165, 1.54) is 12.1 Å². The number of hydrogen-bond acceptors (Lipinski definition) is 3. The largest absolute Gasteiger partial charge is 0.478 e. The first-order valence-corrected chi connectivity index (χ1v) is 8.41. The minimum absolute atomic E-state index is 0.0451. The molecule has 0 unspecified atom stereocenters. The number of rotatable bonds is 4. The summed E-state index contributed by atoms with van der Waals surface area (Å²) in [5.74, 6) is 1.64. The van der Waals surface area contributed by atoms with Gasteiger partial charge in [0.1, 0.15) is 0 Å². The average Bonchev–Trinajstić information content (AvgIpc) is 2.38. The topological polar surface area (TPSA) is 66.4 Å². The van der Waals surface area contributed by atoms with Crippen LogP contribution < -0.4 is 5.32 Å². The quantitative estimate of drug-likeness (QED) is 0.863. The number of nitrogens with one attached hydrogen (secondary N) is 1. The van der Waals surface area contributed by atoms with Crippen molar-refractivity contribution >= 4 is 45.3 Å². The van der Waals surface area contributed by atoms with E-state index in [0.717, 1.165) is 24.3 Å². The van der Waals surface area contributed by atoms with Crippen molar-refractivity contribution in [3.8, 4) is 0 Å². The monoisotopic (exact) mass is 357 g/mol. The van der Waals surface area contributed by atoms with Gasteiger partial charge in [-0.2, -0.15) is 11.8 Å². The zero-order valence-corrected chi connectivity index (χ0v) is 13.3. The third-order valence-corrected chi connectivity index (χ3v) is 4.75. The summed E-state index contributed by atoms with van der Waals surface area (Å²) in [5.41, 5.74) is 0.677. The molecule has 1 fully saturated rings. The number of halogens is 1. The second-order valence-electron chi connectivity index (χ2n) is 4.84. The van der Waals surface area contributed by atoms with Crippen LogP contribution in [0, 0.1) is 5.92 Å². The molecule has 2 rings (SSSR count). The molecule has 1 amide bonds. The van der Waals surface area contributed by atoms with E-state index >= 15 is 0 Å². The van der Waals surface area contributed by atoms with E-state index in [4.69, 9.17) is 5.11 Å². The number of benzene rings is 1. The molecule has 1 aliphatic rings. The number of carbonyl (C=O) groups excluding carboxylic acids is 1. The SMILES string of the molecule is O=C(CC1CCSCC1)Nc1cc(Br)cc(C(=O)O)c1. The maximum absolute atomic E-state index is 12.0. The van der Waals surface area contributed by atoms with Gasteiger partial charge in [-0.05, 0) is 48.5 Å². The van der Waals surface area contributed by atoms with Gasteiger partial charge < -0.3 is 10.4 Å². The molecule has 4 nitrogen and oxygen atoms in total. The molecule has 20 heavy (non-hydrogen) atoms. The summed E-state index contributed by atoms with van der Waals surface area (Å²) in [7, 11) is 0. The molecule has 6 heteroatoms. The zero-order chi connectivity index (χ0) is 14.5. The number of amides is 1. The predicted molar refractivity (Wildman–Crippen MR) is 84.4 cm³/mol. The normalized spacial score (nSPS) is 15.8. The summed E-state index contributed by atoms with van der Waals surface area (Å²) < 4.78 is 0.641. The van der Waals surface area contributed by atoms with Crippen LogP contribution in [0.3, 0.4) is 0 Å². The lowest BCUT2D eigenvalue weighted by Crippen LogP contribution is -2.19. The molecule has 1 saturated heterocycles. The maximum atomic E-state index is 12.0. The molecule has 1 aliphatic heterocycles. The lowest BCUT2D eigenvalue weighted by atomic mass is 9.98. The molecule has 2 N–H and O–H groups in total. The molecule has 1 heterocycles. The molecular formula is C14H16BrNO3S. The molecule has 1 aromatic carbocycles. The Morgan fingerprint density at radius 3 is 2.65 bits per heavy atom. The molecule has 0 atom stereocenters. The van der Waals surface area contributed by atoms with Crippen LogP contribution in [0.25, 0.3) is 0 Å². The van der Waals surface area contributed by atoms with E-state index in [-0.39, 0.29) is 11.5 Å². The van der Waals surface area contributed by atoms with Gasteiger partial charge in [-0.3, -0.25) is 4.79 Å².